The minimum atomic E-state index is -3.43. The molecule has 0 radical (unpaired) electrons. The van der Waals surface area contributed by atoms with Crippen LogP contribution < -0.4 is 0 Å². The van der Waals surface area contributed by atoms with Gasteiger partial charge in [0.25, 0.3) is 0 Å². The molecule has 1 saturated heterocycles. The summed E-state index contributed by atoms with van der Waals surface area (Å²) >= 11 is 0. The highest BCUT2D eigenvalue weighted by Gasteiger charge is 2.30. The molecule has 0 amide bonds. The Balaban J connectivity index is 2.20. The Labute approximate surface area is 120 Å². The highest BCUT2D eigenvalue weighted by atomic mass is 32.2. The van der Waals surface area contributed by atoms with Crippen LogP contribution in [0.1, 0.15) is 18.4 Å². The summed E-state index contributed by atoms with van der Waals surface area (Å²) in [6.07, 6.45) is 1.92. The van der Waals surface area contributed by atoms with Crippen molar-refractivity contribution in [3.05, 3.63) is 29.8 Å². The van der Waals surface area contributed by atoms with Crippen molar-refractivity contribution in [1.29, 1.82) is 0 Å². The highest BCUT2D eigenvalue weighted by molar-refractivity contribution is 7.89. The van der Waals surface area contributed by atoms with Crippen LogP contribution in [0.3, 0.4) is 0 Å². The molecule has 6 heteroatoms. The third kappa shape index (κ3) is 3.20. The zero-order valence-corrected chi connectivity index (χ0v) is 12.8. The van der Waals surface area contributed by atoms with E-state index in [2.05, 4.69) is 4.90 Å². The molecule has 0 saturated carbocycles. The van der Waals surface area contributed by atoms with Crippen molar-refractivity contribution in [1.82, 2.24) is 9.21 Å². The van der Waals surface area contributed by atoms with E-state index in [0.717, 1.165) is 12.8 Å². The number of piperidine rings is 1. The first kappa shape index (κ1) is 15.4. The van der Waals surface area contributed by atoms with Crippen molar-refractivity contribution in [3.8, 4) is 0 Å². The molecule has 1 aliphatic rings. The van der Waals surface area contributed by atoms with Crippen LogP contribution in [0.15, 0.2) is 29.2 Å². The number of hydrogen-bond acceptors (Lipinski definition) is 4. The van der Waals surface area contributed by atoms with Crippen LogP contribution in [0.25, 0.3) is 0 Å². The highest BCUT2D eigenvalue weighted by Crippen LogP contribution is 2.22. The zero-order chi connectivity index (χ0) is 14.8. The maximum Gasteiger partial charge on any atom is 0.243 e. The van der Waals surface area contributed by atoms with E-state index >= 15 is 0 Å². The van der Waals surface area contributed by atoms with E-state index in [-0.39, 0.29) is 12.6 Å². The molecule has 1 aliphatic heterocycles. The van der Waals surface area contributed by atoms with Crippen LogP contribution in [0, 0.1) is 0 Å². The Morgan fingerprint density at radius 1 is 1.30 bits per heavy atom. The standard InChI is InChI=1S/C14H22N2O3S/c1-15(2)13-4-3-9-16(10-13)20(18,19)14-7-5-12(11-17)6-8-14/h5-8,13,17H,3-4,9-11H2,1-2H3. The first-order chi connectivity index (χ1) is 9.45. The van der Waals surface area contributed by atoms with Gasteiger partial charge in [0.2, 0.25) is 10.0 Å². The average Bonchev–Trinajstić information content (AvgIpc) is 2.47. The molecule has 1 N–H and O–H groups in total. The molecule has 0 aliphatic carbocycles. The van der Waals surface area contributed by atoms with Gasteiger partial charge in [0.05, 0.1) is 11.5 Å². The predicted octanol–water partition coefficient (Wildman–Crippen LogP) is 0.894. The van der Waals surface area contributed by atoms with Crippen molar-refractivity contribution in [2.24, 2.45) is 0 Å². The van der Waals surface area contributed by atoms with Crippen molar-refractivity contribution < 1.29 is 13.5 Å². The largest absolute Gasteiger partial charge is 0.392 e. The third-order valence-corrected chi connectivity index (χ3v) is 5.71. The Morgan fingerprint density at radius 3 is 2.50 bits per heavy atom. The van der Waals surface area contributed by atoms with E-state index < -0.39 is 10.0 Å². The van der Waals surface area contributed by atoms with Crippen LogP contribution >= 0.6 is 0 Å². The van der Waals surface area contributed by atoms with Crippen LogP contribution in [-0.4, -0.2) is 56.0 Å². The molecule has 1 fully saturated rings. The molecular weight excluding hydrogens is 276 g/mol. The number of aliphatic hydroxyl groups excluding tert-OH is 1. The van der Waals surface area contributed by atoms with Crippen LogP contribution in [0.2, 0.25) is 0 Å². The smallest absolute Gasteiger partial charge is 0.243 e. The monoisotopic (exact) mass is 298 g/mol. The number of benzene rings is 1. The van der Waals surface area contributed by atoms with Crippen LogP contribution in [0.4, 0.5) is 0 Å². The van der Waals surface area contributed by atoms with Gasteiger partial charge in [-0.2, -0.15) is 4.31 Å². The summed E-state index contributed by atoms with van der Waals surface area (Å²) in [7, 11) is 0.538. The topological polar surface area (TPSA) is 60.9 Å². The Bertz CT molecular complexity index is 540. The van der Waals surface area contributed by atoms with Crippen LogP contribution in [0.5, 0.6) is 0 Å². The first-order valence-corrected chi connectivity index (χ1v) is 8.25. The molecule has 2 rings (SSSR count). The van der Waals surface area contributed by atoms with Gasteiger partial charge >= 0.3 is 0 Å². The molecule has 1 heterocycles. The minimum absolute atomic E-state index is 0.0766. The molecule has 112 valence electrons. The van der Waals surface area contributed by atoms with Gasteiger partial charge in [-0.3, -0.25) is 0 Å². The van der Waals surface area contributed by atoms with Gasteiger partial charge in [-0.15, -0.1) is 0 Å². The van der Waals surface area contributed by atoms with Gasteiger partial charge in [0.1, 0.15) is 0 Å². The third-order valence-electron chi connectivity index (χ3n) is 3.83. The SMILES string of the molecule is CN(C)C1CCCN(S(=O)(=O)c2ccc(CO)cc2)C1. The molecule has 1 aromatic carbocycles. The lowest BCUT2D eigenvalue weighted by molar-refractivity contribution is 0.190. The van der Waals surface area contributed by atoms with E-state index in [0.29, 0.717) is 23.5 Å². The fourth-order valence-corrected chi connectivity index (χ4v) is 3.99. The van der Waals surface area contributed by atoms with Gasteiger partial charge in [-0.25, -0.2) is 8.42 Å². The molecule has 20 heavy (non-hydrogen) atoms. The first-order valence-electron chi connectivity index (χ1n) is 6.81. The lowest BCUT2D eigenvalue weighted by Gasteiger charge is -2.35. The molecule has 1 aromatic rings. The summed E-state index contributed by atoms with van der Waals surface area (Å²) in [6.45, 7) is 1.04. The number of aliphatic hydroxyl groups is 1. The van der Waals surface area contributed by atoms with Gasteiger partial charge in [-0.1, -0.05) is 12.1 Å². The quantitative estimate of drug-likeness (QED) is 0.897. The maximum atomic E-state index is 12.6. The van der Waals surface area contributed by atoms with Crippen molar-refractivity contribution >= 4 is 10.0 Å². The molecule has 1 atom stereocenters. The summed E-state index contributed by atoms with van der Waals surface area (Å²) in [5, 5.41) is 9.01. The number of nitrogens with zero attached hydrogens (tertiary/aromatic N) is 2. The zero-order valence-electron chi connectivity index (χ0n) is 12.0. The van der Waals surface area contributed by atoms with Crippen molar-refractivity contribution in [2.75, 3.05) is 27.2 Å². The van der Waals surface area contributed by atoms with Gasteiger partial charge < -0.3 is 10.0 Å². The second kappa shape index (κ2) is 6.22. The molecule has 1 unspecified atom stereocenters. The summed E-state index contributed by atoms with van der Waals surface area (Å²) in [5.74, 6) is 0. The van der Waals surface area contributed by atoms with E-state index in [1.165, 1.54) is 0 Å². The molecular formula is C14H22N2O3S. The fraction of sp³-hybridized carbons (Fsp3) is 0.571. The lowest BCUT2D eigenvalue weighted by atomic mass is 10.1. The molecule has 5 nitrogen and oxygen atoms in total. The number of sulfonamides is 1. The second-order valence-electron chi connectivity index (χ2n) is 5.42. The molecule has 0 spiro atoms. The van der Waals surface area contributed by atoms with Gasteiger partial charge in [-0.05, 0) is 44.6 Å². The predicted molar refractivity (Wildman–Crippen MR) is 77.8 cm³/mol. The van der Waals surface area contributed by atoms with E-state index in [1.54, 1.807) is 28.6 Å². The van der Waals surface area contributed by atoms with E-state index in [1.807, 2.05) is 14.1 Å². The second-order valence-corrected chi connectivity index (χ2v) is 7.36. The Kier molecular flexibility index (Phi) is 4.80. The normalized spacial score (nSPS) is 21.3. The van der Waals surface area contributed by atoms with Crippen molar-refractivity contribution in [2.45, 2.75) is 30.4 Å². The number of rotatable bonds is 4. The molecule has 0 bridgehead atoms. The van der Waals surface area contributed by atoms with E-state index in [9.17, 15) is 8.42 Å². The number of likely N-dealkylation sites (N-methyl/N-ethyl adjacent to an activating group) is 1. The van der Waals surface area contributed by atoms with Crippen LogP contribution in [-0.2, 0) is 16.6 Å². The van der Waals surface area contributed by atoms with Crippen molar-refractivity contribution in [3.63, 3.8) is 0 Å². The summed E-state index contributed by atoms with van der Waals surface area (Å²) in [5.41, 5.74) is 0.716. The van der Waals surface area contributed by atoms with Gasteiger partial charge in [0.15, 0.2) is 0 Å². The summed E-state index contributed by atoms with van der Waals surface area (Å²) < 4.78 is 26.8. The number of hydrogen-bond donors (Lipinski definition) is 1. The lowest BCUT2D eigenvalue weighted by Crippen LogP contribution is -2.47. The van der Waals surface area contributed by atoms with Gasteiger partial charge in [0, 0.05) is 19.1 Å². The molecule has 0 aromatic heterocycles. The maximum absolute atomic E-state index is 12.6. The van der Waals surface area contributed by atoms with E-state index in [4.69, 9.17) is 5.11 Å². The summed E-state index contributed by atoms with van der Waals surface area (Å²) in [4.78, 5) is 2.38. The summed E-state index contributed by atoms with van der Waals surface area (Å²) in [6, 6.07) is 6.72. The average molecular weight is 298 g/mol. The minimum Gasteiger partial charge on any atom is -0.392 e. The fourth-order valence-electron chi connectivity index (χ4n) is 2.48. The Hall–Kier alpha value is -0.950. The Morgan fingerprint density at radius 2 is 1.95 bits per heavy atom.